The van der Waals surface area contributed by atoms with Crippen LogP contribution in [-0.4, -0.2) is 15.9 Å². The van der Waals surface area contributed by atoms with Gasteiger partial charge in [0.05, 0.1) is 0 Å². The van der Waals surface area contributed by atoms with Gasteiger partial charge in [-0.15, -0.1) is 0 Å². The topological polar surface area (TPSA) is 66.9 Å². The van der Waals surface area contributed by atoms with Gasteiger partial charge in [0.15, 0.2) is 0 Å². The Labute approximate surface area is 164 Å². The number of nitrogens with one attached hydrogen (secondary N) is 2. The summed E-state index contributed by atoms with van der Waals surface area (Å²) in [6, 6.07) is 13.8. The van der Waals surface area contributed by atoms with Crippen LogP contribution in [0.5, 0.6) is 0 Å². The Morgan fingerprint density at radius 2 is 1.68 bits per heavy atom. The monoisotopic (exact) mass is 378 g/mol. The average Bonchev–Trinajstić information content (AvgIpc) is 2.73. The van der Waals surface area contributed by atoms with Gasteiger partial charge in [-0.3, -0.25) is 4.79 Å². The van der Waals surface area contributed by atoms with Crippen LogP contribution in [0.1, 0.15) is 41.0 Å². The molecule has 0 fully saturated rings. The summed E-state index contributed by atoms with van der Waals surface area (Å²) < 4.78 is 13.0. The third kappa shape index (κ3) is 4.71. The van der Waals surface area contributed by atoms with Crippen molar-refractivity contribution in [3.63, 3.8) is 0 Å². The van der Waals surface area contributed by atoms with Gasteiger partial charge in [-0.1, -0.05) is 44.2 Å². The second-order valence-electron chi connectivity index (χ2n) is 6.36. The van der Waals surface area contributed by atoms with Crippen LogP contribution in [0, 0.1) is 5.82 Å². The molecule has 0 saturated carbocycles. The van der Waals surface area contributed by atoms with Crippen molar-refractivity contribution in [1.29, 1.82) is 0 Å². The SMILES string of the molecule is CCc1cccc(CC)c1Nc1nccc(C(=O)NCc2ccc(F)cc2)n1. The predicted octanol–water partition coefficient (Wildman–Crippen LogP) is 4.41. The zero-order chi connectivity index (χ0) is 19.9. The van der Waals surface area contributed by atoms with E-state index in [4.69, 9.17) is 0 Å². The Bertz CT molecular complexity index is 935. The molecule has 0 spiro atoms. The van der Waals surface area contributed by atoms with Gasteiger partial charge >= 0.3 is 0 Å². The number of halogens is 1. The normalized spacial score (nSPS) is 10.5. The largest absolute Gasteiger partial charge is 0.347 e. The van der Waals surface area contributed by atoms with Gasteiger partial charge in [0.25, 0.3) is 5.91 Å². The second-order valence-corrected chi connectivity index (χ2v) is 6.36. The number of aryl methyl sites for hydroxylation is 2. The van der Waals surface area contributed by atoms with E-state index < -0.39 is 0 Å². The van der Waals surface area contributed by atoms with Crippen LogP contribution >= 0.6 is 0 Å². The summed E-state index contributed by atoms with van der Waals surface area (Å²) in [5.74, 6) is -0.236. The number of carbonyl (C=O) groups is 1. The van der Waals surface area contributed by atoms with Gasteiger partial charge in [0.1, 0.15) is 11.5 Å². The lowest BCUT2D eigenvalue weighted by molar-refractivity contribution is 0.0946. The van der Waals surface area contributed by atoms with Gasteiger partial charge in [-0.05, 0) is 47.7 Å². The number of benzene rings is 2. The molecule has 0 aliphatic carbocycles. The minimum atomic E-state index is -0.311. The first-order valence-corrected chi connectivity index (χ1v) is 9.34. The minimum absolute atomic E-state index is 0.270. The Hall–Kier alpha value is -3.28. The summed E-state index contributed by atoms with van der Waals surface area (Å²) in [6.07, 6.45) is 3.32. The lowest BCUT2D eigenvalue weighted by atomic mass is 10.0. The Morgan fingerprint density at radius 3 is 2.32 bits per heavy atom. The molecule has 144 valence electrons. The Balaban J connectivity index is 1.73. The third-order valence-corrected chi connectivity index (χ3v) is 4.49. The van der Waals surface area contributed by atoms with E-state index in [1.165, 1.54) is 23.3 Å². The summed E-state index contributed by atoms with van der Waals surface area (Å²) >= 11 is 0. The van der Waals surface area contributed by atoms with Gasteiger partial charge in [-0.2, -0.15) is 0 Å². The minimum Gasteiger partial charge on any atom is -0.347 e. The molecule has 0 aliphatic heterocycles. The van der Waals surface area contributed by atoms with Crippen LogP contribution in [0.15, 0.2) is 54.7 Å². The number of amides is 1. The molecule has 0 bridgehead atoms. The molecule has 6 heteroatoms. The molecule has 0 saturated heterocycles. The van der Waals surface area contributed by atoms with E-state index in [9.17, 15) is 9.18 Å². The number of anilines is 2. The molecule has 1 aromatic heterocycles. The highest BCUT2D eigenvalue weighted by Crippen LogP contribution is 2.25. The van der Waals surface area contributed by atoms with Gasteiger partial charge < -0.3 is 10.6 Å². The lowest BCUT2D eigenvalue weighted by Gasteiger charge is -2.14. The number of para-hydroxylation sites is 1. The zero-order valence-corrected chi connectivity index (χ0v) is 16.0. The van der Waals surface area contributed by atoms with Crippen molar-refractivity contribution in [3.8, 4) is 0 Å². The van der Waals surface area contributed by atoms with E-state index in [-0.39, 0.29) is 17.4 Å². The third-order valence-electron chi connectivity index (χ3n) is 4.49. The molecule has 0 radical (unpaired) electrons. The number of hydrogen-bond donors (Lipinski definition) is 2. The number of rotatable bonds is 7. The fourth-order valence-electron chi connectivity index (χ4n) is 2.94. The number of carbonyl (C=O) groups excluding carboxylic acids is 1. The first-order valence-electron chi connectivity index (χ1n) is 9.34. The van der Waals surface area contributed by atoms with Crippen molar-refractivity contribution in [2.45, 2.75) is 33.2 Å². The molecule has 3 rings (SSSR count). The van der Waals surface area contributed by atoms with Crippen LogP contribution in [-0.2, 0) is 19.4 Å². The highest BCUT2D eigenvalue weighted by molar-refractivity contribution is 5.92. The summed E-state index contributed by atoms with van der Waals surface area (Å²) in [4.78, 5) is 21.0. The molecule has 28 heavy (non-hydrogen) atoms. The van der Waals surface area contributed by atoms with Gasteiger partial charge in [0.2, 0.25) is 5.95 Å². The summed E-state index contributed by atoms with van der Waals surface area (Å²) in [7, 11) is 0. The molecule has 1 heterocycles. The van der Waals surface area contributed by atoms with Crippen molar-refractivity contribution in [2.24, 2.45) is 0 Å². The molecular weight excluding hydrogens is 355 g/mol. The molecule has 2 N–H and O–H groups in total. The maximum atomic E-state index is 13.0. The maximum Gasteiger partial charge on any atom is 0.270 e. The standard InChI is InChI=1S/C22H23FN4O/c1-3-16-6-5-7-17(4-2)20(16)27-22-24-13-12-19(26-22)21(28)25-14-15-8-10-18(23)11-9-15/h5-13H,3-4,14H2,1-2H3,(H,25,28)(H,24,26,27). The van der Waals surface area contributed by atoms with Crippen LogP contribution < -0.4 is 10.6 Å². The van der Waals surface area contributed by atoms with E-state index in [1.54, 1.807) is 24.4 Å². The smallest absolute Gasteiger partial charge is 0.270 e. The van der Waals surface area contributed by atoms with E-state index in [0.29, 0.717) is 12.5 Å². The van der Waals surface area contributed by atoms with E-state index >= 15 is 0 Å². The second kappa shape index (κ2) is 9.08. The van der Waals surface area contributed by atoms with Crippen LogP contribution in [0.3, 0.4) is 0 Å². The average molecular weight is 378 g/mol. The van der Waals surface area contributed by atoms with Crippen molar-refractivity contribution in [1.82, 2.24) is 15.3 Å². The maximum absolute atomic E-state index is 13.0. The number of aromatic nitrogens is 2. The van der Waals surface area contributed by atoms with Crippen LogP contribution in [0.25, 0.3) is 0 Å². The van der Waals surface area contributed by atoms with Crippen LogP contribution in [0.4, 0.5) is 16.0 Å². The molecule has 5 nitrogen and oxygen atoms in total. The van der Waals surface area contributed by atoms with Crippen molar-refractivity contribution < 1.29 is 9.18 Å². The molecule has 1 amide bonds. The molecule has 2 aromatic carbocycles. The summed E-state index contributed by atoms with van der Waals surface area (Å²) in [5, 5.41) is 6.07. The molecule has 3 aromatic rings. The first kappa shape index (κ1) is 19.5. The Kier molecular flexibility index (Phi) is 6.32. The van der Waals surface area contributed by atoms with E-state index in [1.807, 2.05) is 6.07 Å². The summed E-state index contributed by atoms with van der Waals surface area (Å²) in [6.45, 7) is 4.49. The van der Waals surface area contributed by atoms with E-state index in [0.717, 1.165) is 24.1 Å². The number of hydrogen-bond acceptors (Lipinski definition) is 4. The predicted molar refractivity (Wildman–Crippen MR) is 108 cm³/mol. The highest BCUT2D eigenvalue weighted by Gasteiger charge is 2.11. The fraction of sp³-hybridized carbons (Fsp3) is 0.227. The van der Waals surface area contributed by atoms with Gasteiger partial charge in [0, 0.05) is 18.4 Å². The molecule has 0 atom stereocenters. The molecular formula is C22H23FN4O. The fourth-order valence-corrected chi connectivity index (χ4v) is 2.94. The van der Waals surface area contributed by atoms with Gasteiger partial charge in [-0.25, -0.2) is 14.4 Å². The molecule has 0 aliphatic rings. The lowest BCUT2D eigenvalue weighted by Crippen LogP contribution is -2.24. The van der Waals surface area contributed by atoms with Crippen LogP contribution in [0.2, 0.25) is 0 Å². The van der Waals surface area contributed by atoms with Crippen molar-refractivity contribution in [2.75, 3.05) is 5.32 Å². The Morgan fingerprint density at radius 1 is 1.00 bits per heavy atom. The molecule has 0 unspecified atom stereocenters. The van der Waals surface area contributed by atoms with E-state index in [2.05, 4.69) is 46.6 Å². The van der Waals surface area contributed by atoms with Crippen molar-refractivity contribution in [3.05, 3.63) is 82.9 Å². The quantitative estimate of drug-likeness (QED) is 0.639. The van der Waals surface area contributed by atoms with Crippen molar-refractivity contribution >= 4 is 17.5 Å². The summed E-state index contributed by atoms with van der Waals surface area (Å²) in [5.41, 5.74) is 4.43. The zero-order valence-electron chi connectivity index (χ0n) is 16.0. The highest BCUT2D eigenvalue weighted by atomic mass is 19.1. The first-order chi connectivity index (χ1) is 13.6. The number of nitrogens with zero attached hydrogens (tertiary/aromatic N) is 2.